The Morgan fingerprint density at radius 2 is 1.81 bits per heavy atom. The lowest BCUT2D eigenvalue weighted by Gasteiger charge is -2.26. The molecule has 2 rings (SSSR count). The average molecular weight is 503 g/mol. The predicted molar refractivity (Wildman–Crippen MR) is 131 cm³/mol. The van der Waals surface area contributed by atoms with Crippen molar-refractivity contribution in [2.24, 2.45) is 0 Å². The third kappa shape index (κ3) is 8.84. The zero-order valence-corrected chi connectivity index (χ0v) is 21.3. The molecule has 0 aliphatic rings. The van der Waals surface area contributed by atoms with Gasteiger partial charge in [-0.05, 0) is 25.8 Å². The lowest BCUT2D eigenvalue weighted by Crippen LogP contribution is -2.43. The lowest BCUT2D eigenvalue weighted by molar-refractivity contribution is -0.158. The van der Waals surface area contributed by atoms with Gasteiger partial charge >= 0.3 is 11.9 Å². The number of methoxy groups -OCH3 is 1. The van der Waals surface area contributed by atoms with Crippen LogP contribution in [0.25, 0.3) is 0 Å². The van der Waals surface area contributed by atoms with Gasteiger partial charge in [0.1, 0.15) is 12.1 Å². The number of carbonyl (C=O) groups excluding carboxylic acids is 3. The molecule has 10 nitrogen and oxygen atoms in total. The fourth-order valence-corrected chi connectivity index (χ4v) is 3.20. The molecule has 1 aromatic carbocycles. The van der Waals surface area contributed by atoms with E-state index in [1.165, 1.54) is 33.2 Å². The van der Waals surface area contributed by atoms with Gasteiger partial charge in [0, 0.05) is 32.2 Å². The van der Waals surface area contributed by atoms with E-state index in [0.29, 0.717) is 13.0 Å². The third-order valence-electron chi connectivity index (χ3n) is 5.13. The summed E-state index contributed by atoms with van der Waals surface area (Å²) in [5.41, 5.74) is 0.857. The number of carbonyl (C=O) groups is 3. The number of rotatable bonds is 14. The Hall–Kier alpha value is -3.66. The standard InChI is InChI=1S/C26H34N2O8/c1-6-14-33-18(3)22(15-20-10-8-7-9-11-20)36-26(31)17(2)28-25(30)23-24(35-16-34-19(4)29)21(32-5)12-13-27-23/h7-13,17-18,22H,6,14-16H2,1-5H3,(H,28,30)/t17-,18-,22+/m0/s1. The number of nitrogens with one attached hydrogen (secondary N) is 1. The van der Waals surface area contributed by atoms with Gasteiger partial charge in [-0.15, -0.1) is 0 Å². The molecule has 1 heterocycles. The second-order valence-corrected chi connectivity index (χ2v) is 8.03. The molecular weight excluding hydrogens is 468 g/mol. The number of nitrogens with zero attached hydrogens (tertiary/aromatic N) is 1. The molecule has 1 amide bonds. The lowest BCUT2D eigenvalue weighted by atomic mass is 10.0. The molecule has 0 bridgehead atoms. The van der Waals surface area contributed by atoms with E-state index in [4.69, 9.17) is 23.7 Å². The van der Waals surface area contributed by atoms with Crippen molar-refractivity contribution in [1.82, 2.24) is 10.3 Å². The van der Waals surface area contributed by atoms with Crippen molar-refractivity contribution in [3.8, 4) is 11.5 Å². The van der Waals surface area contributed by atoms with E-state index in [-0.39, 0.29) is 23.3 Å². The van der Waals surface area contributed by atoms with Gasteiger partial charge in [-0.1, -0.05) is 37.3 Å². The normalized spacial score (nSPS) is 13.1. The van der Waals surface area contributed by atoms with Crippen LogP contribution in [0.5, 0.6) is 11.5 Å². The summed E-state index contributed by atoms with van der Waals surface area (Å²) in [4.78, 5) is 41.0. The van der Waals surface area contributed by atoms with E-state index >= 15 is 0 Å². The Labute approximate surface area is 211 Å². The third-order valence-corrected chi connectivity index (χ3v) is 5.13. The Bertz CT molecular complexity index is 999. The molecular formula is C26H34N2O8. The van der Waals surface area contributed by atoms with Crippen molar-refractivity contribution in [3.05, 3.63) is 53.9 Å². The molecule has 1 N–H and O–H groups in total. The number of aromatic nitrogens is 1. The van der Waals surface area contributed by atoms with Crippen LogP contribution in [0, 0.1) is 0 Å². The maximum absolute atomic E-state index is 12.9. The minimum Gasteiger partial charge on any atom is -0.493 e. The van der Waals surface area contributed by atoms with Crippen LogP contribution in [0.3, 0.4) is 0 Å². The largest absolute Gasteiger partial charge is 0.493 e. The summed E-state index contributed by atoms with van der Waals surface area (Å²) in [5.74, 6) is -1.68. The number of hydrogen-bond donors (Lipinski definition) is 1. The quantitative estimate of drug-likeness (QED) is 0.307. The summed E-state index contributed by atoms with van der Waals surface area (Å²) in [5, 5.41) is 2.58. The van der Waals surface area contributed by atoms with E-state index in [1.807, 2.05) is 44.2 Å². The van der Waals surface area contributed by atoms with Crippen molar-refractivity contribution < 1.29 is 38.1 Å². The number of benzene rings is 1. The van der Waals surface area contributed by atoms with E-state index < -0.39 is 36.8 Å². The SMILES string of the molecule is CCCO[C@@H](C)[C@@H](Cc1ccccc1)OC(=O)[C@H](C)NC(=O)c1nccc(OC)c1OCOC(C)=O. The number of amides is 1. The zero-order chi connectivity index (χ0) is 26.5. The first kappa shape index (κ1) is 28.6. The summed E-state index contributed by atoms with van der Waals surface area (Å²) in [6.07, 6.45) is 1.75. The molecule has 0 aliphatic heterocycles. The van der Waals surface area contributed by atoms with Gasteiger partial charge in [0.15, 0.2) is 17.2 Å². The number of ether oxygens (including phenoxy) is 5. The van der Waals surface area contributed by atoms with Crippen molar-refractivity contribution in [1.29, 1.82) is 0 Å². The van der Waals surface area contributed by atoms with Crippen LogP contribution in [0.2, 0.25) is 0 Å². The molecule has 0 spiro atoms. The Morgan fingerprint density at radius 1 is 1.08 bits per heavy atom. The highest BCUT2D eigenvalue weighted by Crippen LogP contribution is 2.29. The summed E-state index contributed by atoms with van der Waals surface area (Å²) < 4.78 is 27.0. The smallest absolute Gasteiger partial charge is 0.328 e. The highest BCUT2D eigenvalue weighted by atomic mass is 16.7. The molecule has 0 saturated carbocycles. The molecule has 3 atom stereocenters. The molecule has 0 aliphatic carbocycles. The predicted octanol–water partition coefficient (Wildman–Crippen LogP) is 3.08. The molecule has 0 unspecified atom stereocenters. The Morgan fingerprint density at radius 3 is 2.44 bits per heavy atom. The van der Waals surface area contributed by atoms with Crippen molar-refractivity contribution in [2.75, 3.05) is 20.5 Å². The topological polar surface area (TPSA) is 122 Å². The van der Waals surface area contributed by atoms with Gasteiger partial charge in [0.05, 0.1) is 13.2 Å². The van der Waals surface area contributed by atoms with Crippen LogP contribution in [0.15, 0.2) is 42.6 Å². The zero-order valence-electron chi connectivity index (χ0n) is 21.3. The Kier molecular flexibility index (Phi) is 11.6. The Balaban J connectivity index is 2.11. The molecule has 196 valence electrons. The average Bonchev–Trinajstić information content (AvgIpc) is 2.87. The van der Waals surface area contributed by atoms with Crippen LogP contribution >= 0.6 is 0 Å². The van der Waals surface area contributed by atoms with Gasteiger partial charge in [-0.25, -0.2) is 9.78 Å². The molecule has 10 heteroatoms. The first-order chi connectivity index (χ1) is 17.3. The van der Waals surface area contributed by atoms with Gasteiger partial charge < -0.3 is 29.0 Å². The number of esters is 2. The maximum Gasteiger partial charge on any atom is 0.328 e. The summed E-state index contributed by atoms with van der Waals surface area (Å²) in [7, 11) is 1.39. The fourth-order valence-electron chi connectivity index (χ4n) is 3.20. The van der Waals surface area contributed by atoms with Crippen LogP contribution in [-0.2, 0) is 30.2 Å². The second-order valence-electron chi connectivity index (χ2n) is 8.03. The fraction of sp³-hybridized carbons (Fsp3) is 0.462. The molecule has 0 radical (unpaired) electrons. The highest BCUT2D eigenvalue weighted by Gasteiger charge is 2.28. The monoisotopic (exact) mass is 502 g/mol. The van der Waals surface area contributed by atoms with E-state index in [0.717, 1.165) is 12.0 Å². The summed E-state index contributed by atoms with van der Waals surface area (Å²) in [6, 6.07) is 10.1. The van der Waals surface area contributed by atoms with Crippen LogP contribution in [0.4, 0.5) is 0 Å². The highest BCUT2D eigenvalue weighted by molar-refractivity contribution is 5.98. The summed E-state index contributed by atoms with van der Waals surface area (Å²) >= 11 is 0. The van der Waals surface area contributed by atoms with E-state index in [1.54, 1.807) is 0 Å². The van der Waals surface area contributed by atoms with Gasteiger partial charge in [-0.3, -0.25) is 9.59 Å². The number of hydrogen-bond acceptors (Lipinski definition) is 9. The molecule has 1 aromatic heterocycles. The van der Waals surface area contributed by atoms with Crippen molar-refractivity contribution in [2.45, 2.75) is 58.8 Å². The number of pyridine rings is 1. The molecule has 0 fully saturated rings. The first-order valence-corrected chi connectivity index (χ1v) is 11.7. The van der Waals surface area contributed by atoms with E-state index in [9.17, 15) is 14.4 Å². The minimum atomic E-state index is -0.997. The summed E-state index contributed by atoms with van der Waals surface area (Å²) in [6.45, 7) is 6.69. The van der Waals surface area contributed by atoms with Crippen LogP contribution < -0.4 is 14.8 Å². The second kappa shape index (κ2) is 14.7. The first-order valence-electron chi connectivity index (χ1n) is 11.7. The molecule has 0 saturated heterocycles. The minimum absolute atomic E-state index is 0.0251. The van der Waals surface area contributed by atoms with E-state index in [2.05, 4.69) is 10.3 Å². The van der Waals surface area contributed by atoms with Gasteiger partial charge in [0.25, 0.3) is 5.91 Å². The van der Waals surface area contributed by atoms with Crippen molar-refractivity contribution >= 4 is 17.8 Å². The maximum atomic E-state index is 12.9. The van der Waals surface area contributed by atoms with Gasteiger partial charge in [0.2, 0.25) is 6.79 Å². The van der Waals surface area contributed by atoms with Crippen molar-refractivity contribution in [3.63, 3.8) is 0 Å². The van der Waals surface area contributed by atoms with Crippen LogP contribution in [-0.4, -0.2) is 61.6 Å². The molecule has 36 heavy (non-hydrogen) atoms. The molecule has 2 aromatic rings. The van der Waals surface area contributed by atoms with Crippen LogP contribution in [0.1, 0.15) is 50.2 Å². The van der Waals surface area contributed by atoms with Gasteiger partial charge in [-0.2, -0.15) is 0 Å².